The fraction of sp³-hybridized carbons (Fsp3) is 0.125. The third kappa shape index (κ3) is 6.40. The van der Waals surface area contributed by atoms with Crippen LogP contribution in [0.15, 0.2) is 72.8 Å². The van der Waals surface area contributed by atoms with E-state index in [-0.39, 0.29) is 36.3 Å². The van der Waals surface area contributed by atoms with Gasteiger partial charge in [0.15, 0.2) is 0 Å². The number of nitrogens with one attached hydrogen (secondary N) is 2. The molecule has 3 aromatic rings. The molecule has 2 N–H and O–H groups in total. The van der Waals surface area contributed by atoms with Gasteiger partial charge in [0.1, 0.15) is 11.6 Å². The molecular weight excluding hydrogens is 415 g/mol. The van der Waals surface area contributed by atoms with Crippen molar-refractivity contribution in [3.8, 4) is 5.75 Å². The van der Waals surface area contributed by atoms with Crippen molar-refractivity contribution in [1.29, 1.82) is 0 Å². The first-order valence-corrected chi connectivity index (χ1v) is 9.83. The van der Waals surface area contributed by atoms with Crippen LogP contribution in [0.2, 0.25) is 0 Å². The summed E-state index contributed by atoms with van der Waals surface area (Å²) in [6.07, 6.45) is -0.808. The van der Waals surface area contributed by atoms with Crippen molar-refractivity contribution < 1.29 is 28.2 Å². The lowest BCUT2D eigenvalue weighted by Gasteiger charge is -2.09. The third-order valence-corrected chi connectivity index (χ3v) is 4.33. The quantitative estimate of drug-likeness (QED) is 0.419. The smallest absolute Gasteiger partial charge is 0.434 e. The molecule has 0 saturated heterocycles. The van der Waals surface area contributed by atoms with Crippen LogP contribution >= 0.6 is 0 Å². The molecule has 0 aromatic heterocycles. The summed E-state index contributed by atoms with van der Waals surface area (Å²) >= 11 is 0. The summed E-state index contributed by atoms with van der Waals surface area (Å²) in [6.45, 7) is 2.13. The number of hydrogen-bond acceptors (Lipinski definition) is 5. The lowest BCUT2D eigenvalue weighted by molar-refractivity contribution is 0.0948. The summed E-state index contributed by atoms with van der Waals surface area (Å²) < 4.78 is 22.9. The Kier molecular flexibility index (Phi) is 7.53. The van der Waals surface area contributed by atoms with Crippen molar-refractivity contribution in [2.75, 3.05) is 11.9 Å². The first kappa shape index (κ1) is 22.5. The van der Waals surface area contributed by atoms with Gasteiger partial charge in [-0.1, -0.05) is 18.2 Å². The summed E-state index contributed by atoms with van der Waals surface area (Å²) in [5, 5.41) is 5.48. The van der Waals surface area contributed by atoms with Crippen LogP contribution in [0, 0.1) is 5.82 Å². The average molecular weight is 436 g/mol. The number of anilines is 1. The standard InChI is InChI=1S/C24H21FN2O5/c1-2-31-24(30)32-21-12-8-17(9-13-21)23(29)27-20-10-6-16(7-11-20)15-26-22(28)18-4-3-5-19(25)14-18/h3-14H,2,15H2,1H3,(H,26,28)(H,27,29). The summed E-state index contributed by atoms with van der Waals surface area (Å²) in [5.74, 6) is -0.916. The van der Waals surface area contributed by atoms with E-state index in [0.29, 0.717) is 11.3 Å². The summed E-state index contributed by atoms with van der Waals surface area (Å²) in [6, 6.07) is 18.4. The van der Waals surface area contributed by atoms with E-state index < -0.39 is 12.0 Å². The maximum Gasteiger partial charge on any atom is 0.513 e. The highest BCUT2D eigenvalue weighted by molar-refractivity contribution is 6.04. The lowest BCUT2D eigenvalue weighted by Crippen LogP contribution is -2.22. The minimum Gasteiger partial charge on any atom is -0.434 e. The molecule has 8 heteroatoms. The van der Waals surface area contributed by atoms with Gasteiger partial charge in [0.05, 0.1) is 6.61 Å². The molecule has 0 saturated carbocycles. The average Bonchev–Trinajstić information content (AvgIpc) is 2.79. The van der Waals surface area contributed by atoms with Crippen LogP contribution in [-0.4, -0.2) is 24.6 Å². The van der Waals surface area contributed by atoms with Crippen molar-refractivity contribution in [3.63, 3.8) is 0 Å². The number of benzene rings is 3. The van der Waals surface area contributed by atoms with Crippen LogP contribution in [0.5, 0.6) is 5.75 Å². The molecule has 0 unspecified atom stereocenters. The van der Waals surface area contributed by atoms with E-state index in [0.717, 1.165) is 5.56 Å². The fourth-order valence-corrected chi connectivity index (χ4v) is 2.74. The van der Waals surface area contributed by atoms with E-state index in [4.69, 9.17) is 9.47 Å². The van der Waals surface area contributed by atoms with Gasteiger partial charge in [-0.25, -0.2) is 9.18 Å². The predicted octanol–water partition coefficient (Wildman–Crippen LogP) is 4.54. The second-order valence-electron chi connectivity index (χ2n) is 6.65. The van der Waals surface area contributed by atoms with Crippen molar-refractivity contribution in [2.24, 2.45) is 0 Å². The maximum atomic E-state index is 13.2. The van der Waals surface area contributed by atoms with Gasteiger partial charge in [0.2, 0.25) is 0 Å². The molecule has 32 heavy (non-hydrogen) atoms. The molecule has 0 fully saturated rings. The zero-order valence-corrected chi connectivity index (χ0v) is 17.3. The molecule has 0 atom stereocenters. The normalized spacial score (nSPS) is 10.2. The van der Waals surface area contributed by atoms with Gasteiger partial charge in [0, 0.05) is 23.4 Å². The second kappa shape index (κ2) is 10.7. The first-order chi connectivity index (χ1) is 15.4. The number of halogens is 1. The van der Waals surface area contributed by atoms with Gasteiger partial charge in [0.25, 0.3) is 11.8 Å². The Morgan fingerprint density at radius 2 is 1.59 bits per heavy atom. The van der Waals surface area contributed by atoms with Crippen molar-refractivity contribution in [2.45, 2.75) is 13.5 Å². The Bertz CT molecular complexity index is 1100. The molecule has 164 valence electrons. The van der Waals surface area contributed by atoms with Crippen LogP contribution in [0.4, 0.5) is 14.9 Å². The van der Waals surface area contributed by atoms with Gasteiger partial charge in [-0.05, 0) is 67.1 Å². The predicted molar refractivity (Wildman–Crippen MR) is 116 cm³/mol. The number of amides is 2. The van der Waals surface area contributed by atoms with Gasteiger partial charge < -0.3 is 20.1 Å². The largest absolute Gasteiger partial charge is 0.513 e. The number of carbonyl (C=O) groups is 3. The van der Waals surface area contributed by atoms with E-state index in [1.165, 1.54) is 48.5 Å². The first-order valence-electron chi connectivity index (χ1n) is 9.83. The molecular formula is C24H21FN2O5. The molecule has 0 aliphatic heterocycles. The lowest BCUT2D eigenvalue weighted by atomic mass is 10.1. The maximum absolute atomic E-state index is 13.2. The zero-order valence-electron chi connectivity index (χ0n) is 17.3. The zero-order chi connectivity index (χ0) is 22.9. The van der Waals surface area contributed by atoms with Crippen LogP contribution in [0.3, 0.4) is 0 Å². The molecule has 0 spiro atoms. The minimum absolute atomic E-state index is 0.206. The Balaban J connectivity index is 1.52. The van der Waals surface area contributed by atoms with E-state index in [9.17, 15) is 18.8 Å². The van der Waals surface area contributed by atoms with E-state index in [1.807, 2.05) is 0 Å². The SMILES string of the molecule is CCOC(=O)Oc1ccc(C(=O)Nc2ccc(CNC(=O)c3cccc(F)c3)cc2)cc1. The van der Waals surface area contributed by atoms with E-state index in [2.05, 4.69) is 10.6 Å². The highest BCUT2D eigenvalue weighted by Crippen LogP contribution is 2.16. The highest BCUT2D eigenvalue weighted by Gasteiger charge is 2.10. The van der Waals surface area contributed by atoms with Gasteiger partial charge in [-0.15, -0.1) is 0 Å². The second-order valence-corrected chi connectivity index (χ2v) is 6.65. The Morgan fingerprint density at radius 3 is 2.25 bits per heavy atom. The summed E-state index contributed by atoms with van der Waals surface area (Å²) in [4.78, 5) is 35.8. The topological polar surface area (TPSA) is 93.7 Å². The molecule has 3 aromatic carbocycles. The summed E-state index contributed by atoms with van der Waals surface area (Å²) in [5.41, 5.74) is 2.01. The van der Waals surface area contributed by atoms with Gasteiger partial charge >= 0.3 is 6.16 Å². The molecule has 0 bridgehead atoms. The third-order valence-electron chi connectivity index (χ3n) is 4.33. The Hall–Kier alpha value is -4.20. The van der Waals surface area contributed by atoms with Crippen LogP contribution in [0.1, 0.15) is 33.2 Å². The highest BCUT2D eigenvalue weighted by atomic mass is 19.1. The molecule has 0 heterocycles. The van der Waals surface area contributed by atoms with Crippen molar-refractivity contribution in [1.82, 2.24) is 5.32 Å². The number of hydrogen-bond donors (Lipinski definition) is 2. The monoisotopic (exact) mass is 436 g/mol. The van der Waals surface area contributed by atoms with Crippen molar-refractivity contribution in [3.05, 3.63) is 95.3 Å². The Labute approximate surface area is 184 Å². The van der Waals surface area contributed by atoms with Crippen molar-refractivity contribution >= 4 is 23.7 Å². The molecule has 0 aliphatic carbocycles. The van der Waals surface area contributed by atoms with Crippen LogP contribution in [-0.2, 0) is 11.3 Å². The molecule has 0 radical (unpaired) electrons. The summed E-state index contributed by atoms with van der Waals surface area (Å²) in [7, 11) is 0. The Morgan fingerprint density at radius 1 is 0.875 bits per heavy atom. The molecule has 3 rings (SSSR count). The number of rotatable bonds is 7. The molecule has 0 aliphatic rings. The van der Waals surface area contributed by atoms with Gasteiger partial charge in [-0.2, -0.15) is 0 Å². The number of carbonyl (C=O) groups excluding carboxylic acids is 3. The van der Waals surface area contributed by atoms with E-state index >= 15 is 0 Å². The van der Waals surface area contributed by atoms with Crippen LogP contribution in [0.25, 0.3) is 0 Å². The molecule has 7 nitrogen and oxygen atoms in total. The van der Waals surface area contributed by atoms with E-state index in [1.54, 1.807) is 31.2 Å². The minimum atomic E-state index is -0.808. The van der Waals surface area contributed by atoms with Gasteiger partial charge in [-0.3, -0.25) is 9.59 Å². The fourth-order valence-electron chi connectivity index (χ4n) is 2.74. The number of ether oxygens (including phenoxy) is 2. The van der Waals surface area contributed by atoms with Crippen LogP contribution < -0.4 is 15.4 Å². The molecule has 2 amide bonds.